The molecule has 0 N–H and O–H groups in total. The fraction of sp³-hybridized carbons (Fsp3) is 0.273. The van der Waals surface area contributed by atoms with E-state index >= 15 is 0 Å². The van der Waals surface area contributed by atoms with Crippen LogP contribution in [0.5, 0.6) is 0 Å². The lowest BCUT2D eigenvalue weighted by molar-refractivity contribution is -0.115. The number of furan rings is 1. The van der Waals surface area contributed by atoms with Crippen LogP contribution in [0.2, 0.25) is 0 Å². The van der Waals surface area contributed by atoms with Gasteiger partial charge in [-0.05, 0) is 19.1 Å². The molecule has 6 heteroatoms. The van der Waals surface area contributed by atoms with E-state index in [1.165, 1.54) is 11.3 Å². The van der Waals surface area contributed by atoms with E-state index in [2.05, 4.69) is 4.98 Å². The maximum atomic E-state index is 11.9. The summed E-state index contributed by atoms with van der Waals surface area (Å²) < 4.78 is 5.39. The zero-order valence-corrected chi connectivity index (χ0v) is 10.8. The minimum absolute atomic E-state index is 0.0805. The molecule has 1 aliphatic heterocycles. The van der Waals surface area contributed by atoms with Gasteiger partial charge in [0, 0.05) is 11.1 Å². The number of thioether (sulfide) groups is 1. The highest BCUT2D eigenvalue weighted by atomic mass is 32.2. The Morgan fingerprint density at radius 3 is 3.12 bits per heavy atom. The van der Waals surface area contributed by atoms with Gasteiger partial charge in [-0.2, -0.15) is 0 Å². The standard InChI is InChI=1S/C11H10N2O2S2/c1-7-5-12-11(17-7)13-9(14)6-16-10(13)8-3-2-4-15-8/h2-5,10H,6H2,1H3. The van der Waals surface area contributed by atoms with Crippen molar-refractivity contribution < 1.29 is 9.21 Å². The molecule has 1 fully saturated rings. The number of aromatic nitrogens is 1. The number of nitrogens with zero attached hydrogens (tertiary/aromatic N) is 2. The van der Waals surface area contributed by atoms with Crippen LogP contribution >= 0.6 is 23.1 Å². The van der Waals surface area contributed by atoms with Gasteiger partial charge in [0.25, 0.3) is 0 Å². The van der Waals surface area contributed by atoms with Gasteiger partial charge in [0.15, 0.2) is 5.13 Å². The first kappa shape index (κ1) is 10.9. The molecule has 0 aromatic carbocycles. The van der Waals surface area contributed by atoms with E-state index < -0.39 is 0 Å². The van der Waals surface area contributed by atoms with Crippen molar-refractivity contribution in [3.8, 4) is 0 Å². The van der Waals surface area contributed by atoms with Gasteiger partial charge in [-0.25, -0.2) is 4.98 Å². The Morgan fingerprint density at radius 2 is 2.47 bits per heavy atom. The Hall–Kier alpha value is -1.27. The summed E-state index contributed by atoms with van der Waals surface area (Å²) in [7, 11) is 0. The van der Waals surface area contributed by atoms with Crippen molar-refractivity contribution in [2.24, 2.45) is 0 Å². The first-order valence-corrected chi connectivity index (χ1v) is 7.02. The summed E-state index contributed by atoms with van der Waals surface area (Å²) in [5.74, 6) is 1.36. The summed E-state index contributed by atoms with van der Waals surface area (Å²) in [5.41, 5.74) is 0. The molecule has 2 aromatic heterocycles. The molecule has 4 nitrogen and oxygen atoms in total. The lowest BCUT2D eigenvalue weighted by Crippen LogP contribution is -2.27. The molecular weight excluding hydrogens is 256 g/mol. The van der Waals surface area contributed by atoms with Crippen LogP contribution in [0.4, 0.5) is 5.13 Å². The van der Waals surface area contributed by atoms with E-state index in [0.29, 0.717) is 5.75 Å². The minimum Gasteiger partial charge on any atom is -0.466 e. The molecule has 0 radical (unpaired) electrons. The number of hydrogen-bond donors (Lipinski definition) is 0. The largest absolute Gasteiger partial charge is 0.466 e. The number of amides is 1. The van der Waals surface area contributed by atoms with Crippen LogP contribution in [-0.4, -0.2) is 16.6 Å². The fourth-order valence-corrected chi connectivity index (χ4v) is 3.70. The summed E-state index contributed by atoms with van der Waals surface area (Å²) in [6.45, 7) is 1.98. The zero-order chi connectivity index (χ0) is 11.8. The van der Waals surface area contributed by atoms with Crippen molar-refractivity contribution in [1.82, 2.24) is 4.98 Å². The second kappa shape index (κ2) is 4.19. The molecule has 0 aliphatic carbocycles. The maximum absolute atomic E-state index is 11.9. The first-order chi connectivity index (χ1) is 8.25. The van der Waals surface area contributed by atoms with Gasteiger partial charge >= 0.3 is 0 Å². The Balaban J connectivity index is 1.97. The fourth-order valence-electron chi connectivity index (χ4n) is 1.73. The second-order valence-electron chi connectivity index (χ2n) is 3.70. The molecule has 88 valence electrons. The van der Waals surface area contributed by atoms with Gasteiger partial charge in [-0.15, -0.1) is 23.1 Å². The number of hydrogen-bond acceptors (Lipinski definition) is 5. The molecule has 1 saturated heterocycles. The van der Waals surface area contributed by atoms with Crippen molar-refractivity contribution in [2.75, 3.05) is 10.7 Å². The van der Waals surface area contributed by atoms with Crippen LogP contribution in [0.15, 0.2) is 29.0 Å². The van der Waals surface area contributed by atoms with Crippen LogP contribution < -0.4 is 4.90 Å². The quantitative estimate of drug-likeness (QED) is 0.838. The third kappa shape index (κ3) is 1.87. The smallest absolute Gasteiger partial charge is 0.240 e. The highest BCUT2D eigenvalue weighted by Gasteiger charge is 2.37. The predicted octanol–water partition coefficient (Wildman–Crippen LogP) is 2.82. The summed E-state index contributed by atoms with van der Waals surface area (Å²) in [6, 6.07) is 3.73. The molecule has 2 aromatic rings. The third-order valence-electron chi connectivity index (χ3n) is 2.47. The Kier molecular flexibility index (Phi) is 2.68. The molecule has 1 unspecified atom stereocenters. The van der Waals surface area contributed by atoms with Gasteiger partial charge in [0.2, 0.25) is 5.91 Å². The van der Waals surface area contributed by atoms with E-state index in [4.69, 9.17) is 4.42 Å². The monoisotopic (exact) mass is 266 g/mol. The number of rotatable bonds is 2. The molecule has 1 aliphatic rings. The normalized spacial score (nSPS) is 20.2. The molecule has 3 heterocycles. The summed E-state index contributed by atoms with van der Waals surface area (Å²) in [4.78, 5) is 19.0. The predicted molar refractivity (Wildman–Crippen MR) is 68.2 cm³/mol. The van der Waals surface area contributed by atoms with Crippen LogP contribution in [0.25, 0.3) is 0 Å². The van der Waals surface area contributed by atoms with Crippen molar-refractivity contribution in [3.63, 3.8) is 0 Å². The van der Waals surface area contributed by atoms with Gasteiger partial charge < -0.3 is 4.42 Å². The van der Waals surface area contributed by atoms with E-state index in [1.54, 1.807) is 29.1 Å². The van der Waals surface area contributed by atoms with E-state index in [1.807, 2.05) is 19.1 Å². The third-order valence-corrected chi connectivity index (χ3v) is 4.55. The first-order valence-electron chi connectivity index (χ1n) is 5.15. The molecule has 17 heavy (non-hydrogen) atoms. The number of anilines is 1. The zero-order valence-electron chi connectivity index (χ0n) is 9.12. The number of aryl methyl sites for hydroxylation is 1. The van der Waals surface area contributed by atoms with E-state index in [9.17, 15) is 4.79 Å². The van der Waals surface area contributed by atoms with Crippen LogP contribution in [0, 0.1) is 6.92 Å². The maximum Gasteiger partial charge on any atom is 0.240 e. The highest BCUT2D eigenvalue weighted by Crippen LogP contribution is 2.42. The summed E-state index contributed by atoms with van der Waals surface area (Å²) in [6.07, 6.45) is 3.42. The van der Waals surface area contributed by atoms with Crippen LogP contribution in [0.3, 0.4) is 0 Å². The minimum atomic E-state index is -0.0805. The highest BCUT2D eigenvalue weighted by molar-refractivity contribution is 8.00. The number of thiazole rings is 1. The van der Waals surface area contributed by atoms with Crippen molar-refractivity contribution in [3.05, 3.63) is 35.2 Å². The van der Waals surface area contributed by atoms with Gasteiger partial charge in [-0.1, -0.05) is 0 Å². The summed E-state index contributed by atoms with van der Waals surface area (Å²) in [5, 5.41) is 0.668. The van der Waals surface area contributed by atoms with Gasteiger partial charge in [0.05, 0.1) is 12.0 Å². The van der Waals surface area contributed by atoms with E-state index in [0.717, 1.165) is 15.8 Å². The van der Waals surface area contributed by atoms with E-state index in [-0.39, 0.29) is 11.3 Å². The number of carbonyl (C=O) groups excluding carboxylic acids is 1. The molecule has 0 bridgehead atoms. The second-order valence-corrected chi connectivity index (χ2v) is 5.98. The lowest BCUT2D eigenvalue weighted by Gasteiger charge is -2.18. The average molecular weight is 266 g/mol. The molecule has 0 saturated carbocycles. The Morgan fingerprint density at radius 1 is 1.59 bits per heavy atom. The Bertz CT molecular complexity index is 535. The van der Waals surface area contributed by atoms with Gasteiger partial charge in [0.1, 0.15) is 11.1 Å². The molecule has 1 amide bonds. The van der Waals surface area contributed by atoms with Crippen LogP contribution in [0.1, 0.15) is 16.0 Å². The molecule has 1 atom stereocenters. The molecule has 0 spiro atoms. The van der Waals surface area contributed by atoms with Crippen molar-refractivity contribution >= 4 is 34.1 Å². The molecule has 3 rings (SSSR count). The summed E-state index contributed by atoms with van der Waals surface area (Å²) >= 11 is 3.10. The number of carbonyl (C=O) groups is 1. The molecular formula is C11H10N2O2S2. The average Bonchev–Trinajstić information content (AvgIpc) is 2.97. The topological polar surface area (TPSA) is 46.3 Å². The Labute approximate surface area is 107 Å². The van der Waals surface area contributed by atoms with Crippen LogP contribution in [-0.2, 0) is 4.79 Å². The SMILES string of the molecule is Cc1cnc(N2C(=O)CSC2c2ccco2)s1. The van der Waals surface area contributed by atoms with Gasteiger partial charge in [-0.3, -0.25) is 9.69 Å². The van der Waals surface area contributed by atoms with Crippen molar-refractivity contribution in [2.45, 2.75) is 12.3 Å². The lowest BCUT2D eigenvalue weighted by atomic mass is 10.4. The van der Waals surface area contributed by atoms with Crippen molar-refractivity contribution in [1.29, 1.82) is 0 Å².